The highest BCUT2D eigenvalue weighted by Gasteiger charge is 2.17. The summed E-state index contributed by atoms with van der Waals surface area (Å²) in [5.41, 5.74) is 1.03. The Bertz CT molecular complexity index is 504. The first-order chi connectivity index (χ1) is 9.67. The van der Waals surface area contributed by atoms with Gasteiger partial charge in [0.25, 0.3) is 0 Å². The van der Waals surface area contributed by atoms with Gasteiger partial charge in [0, 0.05) is 6.42 Å². The molecule has 2 rings (SSSR count). The SMILES string of the molecule is COc1ccc(CCC(=O)O[C@H]2C=CC(=O)CO2)cc1. The molecule has 1 aromatic carbocycles. The van der Waals surface area contributed by atoms with Gasteiger partial charge in [-0.1, -0.05) is 12.1 Å². The van der Waals surface area contributed by atoms with Crippen molar-refractivity contribution in [3.05, 3.63) is 42.0 Å². The number of hydrogen-bond acceptors (Lipinski definition) is 5. The van der Waals surface area contributed by atoms with Gasteiger partial charge in [-0.05, 0) is 36.3 Å². The fourth-order valence-corrected chi connectivity index (χ4v) is 1.75. The highest BCUT2D eigenvalue weighted by Crippen LogP contribution is 2.13. The van der Waals surface area contributed by atoms with Crippen LogP contribution in [0.4, 0.5) is 0 Å². The Morgan fingerprint density at radius 1 is 1.35 bits per heavy atom. The summed E-state index contributed by atoms with van der Waals surface area (Å²) in [5, 5.41) is 0. The van der Waals surface area contributed by atoms with E-state index in [1.54, 1.807) is 7.11 Å². The number of ether oxygens (including phenoxy) is 3. The van der Waals surface area contributed by atoms with Gasteiger partial charge < -0.3 is 14.2 Å². The maximum atomic E-state index is 11.6. The number of benzene rings is 1. The van der Waals surface area contributed by atoms with Gasteiger partial charge in [-0.25, -0.2) is 0 Å². The number of methoxy groups -OCH3 is 1. The second-order valence-corrected chi connectivity index (χ2v) is 4.34. The van der Waals surface area contributed by atoms with Crippen molar-refractivity contribution in [1.82, 2.24) is 0 Å². The fraction of sp³-hybridized carbons (Fsp3) is 0.333. The summed E-state index contributed by atoms with van der Waals surface area (Å²) in [7, 11) is 1.61. The van der Waals surface area contributed by atoms with Gasteiger partial charge in [0.15, 0.2) is 5.78 Å². The van der Waals surface area contributed by atoms with Crippen LogP contribution in [0.25, 0.3) is 0 Å². The Hall–Kier alpha value is -2.14. The average molecular weight is 276 g/mol. The first-order valence-electron chi connectivity index (χ1n) is 6.32. The smallest absolute Gasteiger partial charge is 0.308 e. The topological polar surface area (TPSA) is 61.8 Å². The van der Waals surface area contributed by atoms with Gasteiger partial charge in [0.05, 0.1) is 7.11 Å². The lowest BCUT2D eigenvalue weighted by molar-refractivity contribution is -0.172. The van der Waals surface area contributed by atoms with Crippen LogP contribution in [0.3, 0.4) is 0 Å². The van der Waals surface area contributed by atoms with Gasteiger partial charge in [0.1, 0.15) is 12.4 Å². The summed E-state index contributed by atoms with van der Waals surface area (Å²) >= 11 is 0. The fourth-order valence-electron chi connectivity index (χ4n) is 1.75. The second-order valence-electron chi connectivity index (χ2n) is 4.34. The zero-order valence-electron chi connectivity index (χ0n) is 11.2. The molecule has 106 valence electrons. The molecule has 1 aliphatic heterocycles. The van der Waals surface area contributed by atoms with Crippen molar-refractivity contribution in [1.29, 1.82) is 0 Å². The Morgan fingerprint density at radius 2 is 2.10 bits per heavy atom. The monoisotopic (exact) mass is 276 g/mol. The number of aryl methyl sites for hydroxylation is 1. The number of ketones is 1. The van der Waals surface area contributed by atoms with Crippen LogP contribution in [0, 0.1) is 0 Å². The maximum absolute atomic E-state index is 11.6. The van der Waals surface area contributed by atoms with Crippen LogP contribution in [-0.4, -0.2) is 31.8 Å². The molecular weight excluding hydrogens is 260 g/mol. The van der Waals surface area contributed by atoms with Gasteiger partial charge in [-0.3, -0.25) is 9.59 Å². The van der Waals surface area contributed by atoms with E-state index in [9.17, 15) is 9.59 Å². The van der Waals surface area contributed by atoms with Crippen LogP contribution in [0.1, 0.15) is 12.0 Å². The quantitative estimate of drug-likeness (QED) is 0.765. The van der Waals surface area contributed by atoms with E-state index in [4.69, 9.17) is 14.2 Å². The third-order valence-corrected chi connectivity index (χ3v) is 2.85. The molecule has 0 aliphatic carbocycles. The van der Waals surface area contributed by atoms with Crippen molar-refractivity contribution in [2.45, 2.75) is 19.1 Å². The standard InChI is InChI=1S/C15H16O5/c1-18-13-6-2-11(3-7-13)4-8-14(17)20-15-9-5-12(16)10-19-15/h2-3,5-7,9,15H,4,8,10H2,1H3/t15-/m0/s1. The lowest BCUT2D eigenvalue weighted by Crippen LogP contribution is -2.26. The molecule has 0 saturated heterocycles. The van der Waals surface area contributed by atoms with E-state index in [1.807, 2.05) is 24.3 Å². The van der Waals surface area contributed by atoms with Crippen LogP contribution in [0.15, 0.2) is 36.4 Å². The van der Waals surface area contributed by atoms with Gasteiger partial charge >= 0.3 is 5.97 Å². The zero-order chi connectivity index (χ0) is 14.4. The Labute approximate surface area is 117 Å². The van der Waals surface area contributed by atoms with Crippen LogP contribution in [0.2, 0.25) is 0 Å². The lowest BCUT2D eigenvalue weighted by atomic mass is 10.1. The van der Waals surface area contributed by atoms with Crippen LogP contribution in [0.5, 0.6) is 5.75 Å². The first kappa shape index (κ1) is 14.3. The molecule has 1 aromatic rings. The van der Waals surface area contributed by atoms with Crippen molar-refractivity contribution in [3.63, 3.8) is 0 Å². The van der Waals surface area contributed by atoms with E-state index in [0.717, 1.165) is 11.3 Å². The second kappa shape index (κ2) is 6.86. The third kappa shape index (κ3) is 4.20. The molecule has 0 N–H and O–H groups in total. The van der Waals surface area contributed by atoms with E-state index in [1.165, 1.54) is 12.2 Å². The predicted octanol–water partition coefficient (Wildman–Crippen LogP) is 1.65. The normalized spacial score (nSPS) is 17.9. The number of rotatable bonds is 5. The van der Waals surface area contributed by atoms with Gasteiger partial charge in [-0.15, -0.1) is 0 Å². The number of carbonyl (C=O) groups excluding carboxylic acids is 2. The van der Waals surface area contributed by atoms with Crippen LogP contribution < -0.4 is 4.74 Å². The van der Waals surface area contributed by atoms with Crippen molar-refractivity contribution in [2.75, 3.05) is 13.7 Å². The molecule has 0 unspecified atom stereocenters. The lowest BCUT2D eigenvalue weighted by Gasteiger charge is -2.17. The zero-order valence-corrected chi connectivity index (χ0v) is 11.2. The Morgan fingerprint density at radius 3 is 2.70 bits per heavy atom. The Balaban J connectivity index is 1.77. The number of hydrogen-bond donors (Lipinski definition) is 0. The summed E-state index contributed by atoms with van der Waals surface area (Å²) in [5.74, 6) is 0.294. The van der Waals surface area contributed by atoms with Crippen molar-refractivity contribution >= 4 is 11.8 Å². The van der Waals surface area contributed by atoms with E-state index >= 15 is 0 Å². The molecule has 1 atom stereocenters. The molecule has 0 spiro atoms. The minimum absolute atomic E-state index is 0.0487. The van der Waals surface area contributed by atoms with Crippen molar-refractivity contribution in [2.24, 2.45) is 0 Å². The first-order valence-corrected chi connectivity index (χ1v) is 6.32. The maximum Gasteiger partial charge on any atom is 0.308 e. The number of carbonyl (C=O) groups is 2. The summed E-state index contributed by atoms with van der Waals surface area (Å²) in [6.45, 7) is -0.0487. The molecule has 0 aromatic heterocycles. The molecule has 0 amide bonds. The molecular formula is C15H16O5. The predicted molar refractivity (Wildman–Crippen MR) is 71.3 cm³/mol. The van der Waals surface area contributed by atoms with E-state index in [0.29, 0.717) is 6.42 Å². The minimum atomic E-state index is -0.754. The minimum Gasteiger partial charge on any atom is -0.497 e. The molecule has 0 bridgehead atoms. The van der Waals surface area contributed by atoms with Crippen LogP contribution in [-0.2, 0) is 25.5 Å². The molecule has 1 aliphatic rings. The average Bonchev–Trinajstić information content (AvgIpc) is 2.48. The third-order valence-electron chi connectivity index (χ3n) is 2.85. The van der Waals surface area contributed by atoms with Crippen molar-refractivity contribution < 1.29 is 23.8 Å². The molecule has 0 saturated carbocycles. The summed E-state index contributed by atoms with van der Waals surface area (Å²) in [6, 6.07) is 7.50. The molecule has 1 heterocycles. The highest BCUT2D eigenvalue weighted by molar-refractivity contribution is 5.91. The summed E-state index contributed by atoms with van der Waals surface area (Å²) in [4.78, 5) is 22.5. The summed E-state index contributed by atoms with van der Waals surface area (Å²) < 4.78 is 15.2. The molecule has 5 heteroatoms. The molecule has 5 nitrogen and oxygen atoms in total. The van der Waals surface area contributed by atoms with E-state index in [2.05, 4.69) is 0 Å². The van der Waals surface area contributed by atoms with Gasteiger partial charge in [-0.2, -0.15) is 0 Å². The van der Waals surface area contributed by atoms with Crippen molar-refractivity contribution in [3.8, 4) is 5.75 Å². The summed E-state index contributed by atoms with van der Waals surface area (Å²) in [6.07, 6.45) is 2.89. The van der Waals surface area contributed by atoms with E-state index < -0.39 is 6.29 Å². The van der Waals surface area contributed by atoms with Gasteiger partial charge in [0.2, 0.25) is 6.29 Å². The molecule has 0 radical (unpaired) electrons. The van der Waals surface area contributed by atoms with Crippen LogP contribution >= 0.6 is 0 Å². The Kier molecular flexibility index (Phi) is 4.90. The highest BCUT2D eigenvalue weighted by atomic mass is 16.7. The van der Waals surface area contributed by atoms with E-state index in [-0.39, 0.29) is 24.8 Å². The number of esters is 1. The largest absolute Gasteiger partial charge is 0.497 e. The molecule has 0 fully saturated rings. The molecule has 20 heavy (non-hydrogen) atoms.